The summed E-state index contributed by atoms with van der Waals surface area (Å²) in [4.78, 5) is 12.1. The average Bonchev–Trinajstić information content (AvgIpc) is 2.53. The van der Waals surface area contributed by atoms with Crippen molar-refractivity contribution in [3.8, 4) is 5.75 Å². The molecular weight excluding hydrogens is 356 g/mol. The molecule has 0 bridgehead atoms. The van der Waals surface area contributed by atoms with Crippen LogP contribution in [0.15, 0.2) is 40.9 Å². The molecule has 0 unspecified atom stereocenters. The predicted octanol–water partition coefficient (Wildman–Crippen LogP) is 4.31. The molecule has 0 heterocycles. The molecule has 0 saturated carbocycles. The van der Waals surface area contributed by atoms with E-state index >= 15 is 0 Å². The molecule has 0 radical (unpaired) electrons. The first-order valence-corrected chi connectivity index (χ1v) is 8.27. The quantitative estimate of drug-likeness (QED) is 0.738. The van der Waals surface area contributed by atoms with Crippen LogP contribution in [-0.4, -0.2) is 13.0 Å². The molecular formula is C18H21BrN2O2. The number of hydrogen-bond acceptors (Lipinski definition) is 3. The highest BCUT2D eigenvalue weighted by Gasteiger charge is 2.08. The number of nitrogens with one attached hydrogen (secondary N) is 1. The summed E-state index contributed by atoms with van der Waals surface area (Å²) in [5.41, 5.74) is 9.40. The number of benzene rings is 2. The van der Waals surface area contributed by atoms with Gasteiger partial charge in [-0.1, -0.05) is 28.1 Å². The fraction of sp³-hybridized carbons (Fsp3) is 0.278. The molecule has 2 rings (SSSR count). The number of methoxy groups -OCH3 is 1. The Morgan fingerprint density at radius 1 is 1.26 bits per heavy atom. The number of anilines is 2. The molecule has 23 heavy (non-hydrogen) atoms. The van der Waals surface area contributed by atoms with Gasteiger partial charge in [-0.15, -0.1) is 0 Å². The third-order valence-electron chi connectivity index (χ3n) is 3.65. The van der Waals surface area contributed by atoms with Crippen LogP contribution in [0.3, 0.4) is 0 Å². The van der Waals surface area contributed by atoms with Gasteiger partial charge in [0.05, 0.1) is 18.5 Å². The summed E-state index contributed by atoms with van der Waals surface area (Å²) in [6, 6.07) is 11.7. The van der Waals surface area contributed by atoms with E-state index in [2.05, 4.69) is 21.2 Å². The Morgan fingerprint density at radius 3 is 2.61 bits per heavy atom. The molecule has 1 amide bonds. The molecule has 122 valence electrons. The van der Waals surface area contributed by atoms with Crippen LogP contribution in [0.2, 0.25) is 0 Å². The van der Waals surface area contributed by atoms with E-state index in [1.54, 1.807) is 7.11 Å². The molecule has 4 nitrogen and oxygen atoms in total. The van der Waals surface area contributed by atoms with Gasteiger partial charge in [0.15, 0.2) is 0 Å². The van der Waals surface area contributed by atoms with Gasteiger partial charge < -0.3 is 15.8 Å². The molecule has 2 aromatic carbocycles. The monoisotopic (exact) mass is 376 g/mol. The molecule has 3 N–H and O–H groups in total. The Morgan fingerprint density at radius 2 is 1.96 bits per heavy atom. The maximum absolute atomic E-state index is 12.1. The maximum Gasteiger partial charge on any atom is 0.224 e. The van der Waals surface area contributed by atoms with Crippen molar-refractivity contribution in [3.63, 3.8) is 0 Å². The highest BCUT2D eigenvalue weighted by Crippen LogP contribution is 2.27. The fourth-order valence-electron chi connectivity index (χ4n) is 2.32. The highest BCUT2D eigenvalue weighted by molar-refractivity contribution is 9.10. The van der Waals surface area contributed by atoms with Crippen LogP contribution in [0.1, 0.15) is 24.0 Å². The van der Waals surface area contributed by atoms with Crippen molar-refractivity contribution in [2.45, 2.75) is 26.2 Å². The average molecular weight is 377 g/mol. The lowest BCUT2D eigenvalue weighted by atomic mass is 10.1. The van der Waals surface area contributed by atoms with E-state index in [9.17, 15) is 4.79 Å². The zero-order valence-electron chi connectivity index (χ0n) is 13.4. The van der Waals surface area contributed by atoms with Crippen LogP contribution in [0.5, 0.6) is 5.75 Å². The number of aryl methyl sites for hydroxylation is 2. The SMILES string of the molecule is COc1ccc(CCCC(=O)Nc2cc(Br)cc(C)c2N)cc1. The van der Waals surface area contributed by atoms with Gasteiger partial charge in [0.1, 0.15) is 5.75 Å². The summed E-state index contributed by atoms with van der Waals surface area (Å²) in [6.07, 6.45) is 2.09. The molecule has 0 fully saturated rings. The molecule has 0 spiro atoms. The van der Waals surface area contributed by atoms with Crippen molar-refractivity contribution in [1.82, 2.24) is 0 Å². The van der Waals surface area contributed by atoms with E-state index in [4.69, 9.17) is 10.5 Å². The van der Waals surface area contributed by atoms with Gasteiger partial charge in [0, 0.05) is 10.9 Å². The minimum Gasteiger partial charge on any atom is -0.497 e. The summed E-state index contributed by atoms with van der Waals surface area (Å²) in [6.45, 7) is 1.92. The topological polar surface area (TPSA) is 64.3 Å². The number of ether oxygens (including phenoxy) is 1. The van der Waals surface area contributed by atoms with Crippen LogP contribution in [-0.2, 0) is 11.2 Å². The van der Waals surface area contributed by atoms with E-state index in [0.29, 0.717) is 17.8 Å². The fourth-order valence-corrected chi connectivity index (χ4v) is 2.89. The van der Waals surface area contributed by atoms with Crippen LogP contribution in [0, 0.1) is 6.92 Å². The molecule has 0 saturated heterocycles. The lowest BCUT2D eigenvalue weighted by Gasteiger charge is -2.11. The number of carbonyl (C=O) groups is 1. The van der Waals surface area contributed by atoms with Gasteiger partial charge in [-0.3, -0.25) is 4.79 Å². The number of amides is 1. The zero-order valence-corrected chi connectivity index (χ0v) is 14.9. The first-order valence-electron chi connectivity index (χ1n) is 7.48. The molecule has 2 aromatic rings. The van der Waals surface area contributed by atoms with Crippen molar-refractivity contribution in [2.75, 3.05) is 18.2 Å². The lowest BCUT2D eigenvalue weighted by molar-refractivity contribution is -0.116. The summed E-state index contributed by atoms with van der Waals surface area (Å²) in [5, 5.41) is 2.88. The van der Waals surface area contributed by atoms with Crippen molar-refractivity contribution in [3.05, 3.63) is 52.0 Å². The van der Waals surface area contributed by atoms with E-state index in [1.165, 1.54) is 5.56 Å². The van der Waals surface area contributed by atoms with E-state index in [-0.39, 0.29) is 5.91 Å². The van der Waals surface area contributed by atoms with Gasteiger partial charge in [-0.2, -0.15) is 0 Å². The normalized spacial score (nSPS) is 10.4. The van der Waals surface area contributed by atoms with Gasteiger partial charge >= 0.3 is 0 Å². The largest absolute Gasteiger partial charge is 0.497 e. The van der Waals surface area contributed by atoms with Crippen molar-refractivity contribution in [2.24, 2.45) is 0 Å². The molecule has 0 aromatic heterocycles. The van der Waals surface area contributed by atoms with Crippen molar-refractivity contribution < 1.29 is 9.53 Å². The number of carbonyl (C=O) groups excluding carboxylic acids is 1. The lowest BCUT2D eigenvalue weighted by Crippen LogP contribution is -2.13. The van der Waals surface area contributed by atoms with Gasteiger partial charge in [-0.05, 0) is 55.2 Å². The van der Waals surface area contributed by atoms with Crippen molar-refractivity contribution >= 4 is 33.2 Å². The van der Waals surface area contributed by atoms with Gasteiger partial charge in [0.2, 0.25) is 5.91 Å². The summed E-state index contributed by atoms with van der Waals surface area (Å²) in [5.74, 6) is 0.815. The summed E-state index contributed by atoms with van der Waals surface area (Å²) in [7, 11) is 1.65. The molecule has 0 aliphatic carbocycles. The number of nitrogens with two attached hydrogens (primary N) is 1. The van der Waals surface area contributed by atoms with E-state index in [1.807, 2.05) is 43.3 Å². The second-order valence-electron chi connectivity index (χ2n) is 5.43. The third-order valence-corrected chi connectivity index (χ3v) is 4.11. The minimum atomic E-state index is -0.0253. The van der Waals surface area contributed by atoms with Crippen LogP contribution in [0.25, 0.3) is 0 Å². The molecule has 0 atom stereocenters. The zero-order chi connectivity index (χ0) is 16.8. The van der Waals surface area contributed by atoms with E-state index < -0.39 is 0 Å². The minimum absolute atomic E-state index is 0.0253. The summed E-state index contributed by atoms with van der Waals surface area (Å²) < 4.78 is 6.03. The molecule has 5 heteroatoms. The Bertz CT molecular complexity index is 684. The smallest absolute Gasteiger partial charge is 0.224 e. The Labute approximate surface area is 145 Å². The van der Waals surface area contributed by atoms with E-state index in [0.717, 1.165) is 28.6 Å². The van der Waals surface area contributed by atoms with Gasteiger partial charge in [0.25, 0.3) is 0 Å². The second-order valence-corrected chi connectivity index (χ2v) is 6.35. The Hall–Kier alpha value is -2.01. The first kappa shape index (κ1) is 17.3. The Kier molecular flexibility index (Phi) is 6.04. The standard InChI is InChI=1S/C18H21BrN2O2/c1-12-10-14(19)11-16(18(12)20)21-17(22)5-3-4-13-6-8-15(23-2)9-7-13/h6-11H,3-5,20H2,1-2H3,(H,21,22). The van der Waals surface area contributed by atoms with Crippen molar-refractivity contribution in [1.29, 1.82) is 0 Å². The predicted molar refractivity (Wildman–Crippen MR) is 97.9 cm³/mol. The molecule has 0 aliphatic heterocycles. The first-order chi connectivity index (χ1) is 11.0. The summed E-state index contributed by atoms with van der Waals surface area (Å²) >= 11 is 3.41. The number of hydrogen-bond donors (Lipinski definition) is 2. The second kappa shape index (κ2) is 8.02. The van der Waals surface area contributed by atoms with Crippen LogP contribution >= 0.6 is 15.9 Å². The van der Waals surface area contributed by atoms with Crippen LogP contribution < -0.4 is 15.8 Å². The third kappa shape index (κ3) is 4.99. The number of rotatable bonds is 6. The number of halogens is 1. The maximum atomic E-state index is 12.1. The van der Waals surface area contributed by atoms with Gasteiger partial charge in [-0.25, -0.2) is 0 Å². The number of nitrogen functional groups attached to an aromatic ring is 1. The Balaban J connectivity index is 1.85. The molecule has 0 aliphatic rings. The van der Waals surface area contributed by atoms with Crippen LogP contribution in [0.4, 0.5) is 11.4 Å². The highest BCUT2D eigenvalue weighted by atomic mass is 79.9.